The zero-order valence-electron chi connectivity index (χ0n) is 12.7. The average Bonchev–Trinajstić information content (AvgIpc) is 2.72. The molecule has 0 bridgehead atoms. The van der Waals surface area contributed by atoms with Crippen molar-refractivity contribution in [2.45, 2.75) is 13.8 Å². The van der Waals surface area contributed by atoms with Crippen molar-refractivity contribution in [2.75, 3.05) is 11.9 Å². The minimum atomic E-state index is -1.07. The summed E-state index contributed by atoms with van der Waals surface area (Å²) in [6.07, 6.45) is 0. The van der Waals surface area contributed by atoms with Crippen LogP contribution in [0, 0.1) is 13.8 Å². The number of rotatable bonds is 5. The van der Waals surface area contributed by atoms with Gasteiger partial charge in [0.15, 0.2) is 0 Å². The van der Waals surface area contributed by atoms with E-state index in [1.807, 2.05) is 20.9 Å². The van der Waals surface area contributed by atoms with E-state index in [-0.39, 0.29) is 0 Å². The molecule has 22 heavy (non-hydrogen) atoms. The largest absolute Gasteiger partial charge is 0.480 e. The smallest absolute Gasteiger partial charge is 0.322 e. The van der Waals surface area contributed by atoms with E-state index in [1.54, 1.807) is 28.9 Å². The third kappa shape index (κ3) is 3.43. The number of aromatic nitrogens is 2. The van der Waals surface area contributed by atoms with Crippen molar-refractivity contribution in [3.05, 3.63) is 41.2 Å². The van der Waals surface area contributed by atoms with Gasteiger partial charge in [0, 0.05) is 18.3 Å². The van der Waals surface area contributed by atoms with Crippen LogP contribution >= 0.6 is 0 Å². The number of carbonyl (C=O) groups is 2. The lowest BCUT2D eigenvalue weighted by Gasteiger charge is -2.08. The van der Waals surface area contributed by atoms with Crippen molar-refractivity contribution >= 4 is 23.3 Å². The van der Waals surface area contributed by atoms with Crippen LogP contribution in [0.5, 0.6) is 0 Å². The SMILES string of the molecule is Cc1nn(C)c(C)c1Nc1ccc(C(=O)NCC(=O)O)cc1. The van der Waals surface area contributed by atoms with E-state index < -0.39 is 18.4 Å². The summed E-state index contributed by atoms with van der Waals surface area (Å²) in [6, 6.07) is 6.81. The predicted octanol–water partition coefficient (Wildman–Crippen LogP) is 1.59. The Kier molecular flexibility index (Phi) is 4.45. The van der Waals surface area contributed by atoms with Gasteiger partial charge in [-0.05, 0) is 38.1 Å². The lowest BCUT2D eigenvalue weighted by Crippen LogP contribution is -2.29. The summed E-state index contributed by atoms with van der Waals surface area (Å²) < 4.78 is 1.80. The molecule has 1 aromatic heterocycles. The van der Waals surface area contributed by atoms with Crippen molar-refractivity contribution in [3.8, 4) is 0 Å². The van der Waals surface area contributed by atoms with Gasteiger partial charge in [-0.2, -0.15) is 5.10 Å². The zero-order valence-corrected chi connectivity index (χ0v) is 12.7. The van der Waals surface area contributed by atoms with E-state index in [2.05, 4.69) is 15.7 Å². The molecule has 1 amide bonds. The molecule has 0 aliphatic rings. The molecular weight excluding hydrogens is 284 g/mol. The number of carbonyl (C=O) groups excluding carboxylic acids is 1. The minimum absolute atomic E-state index is 0.396. The number of carboxylic acids is 1. The maximum Gasteiger partial charge on any atom is 0.322 e. The Morgan fingerprint density at radius 1 is 1.23 bits per heavy atom. The lowest BCUT2D eigenvalue weighted by molar-refractivity contribution is -0.135. The Labute approximate surface area is 128 Å². The average molecular weight is 302 g/mol. The van der Waals surface area contributed by atoms with Crippen LogP contribution < -0.4 is 10.6 Å². The fraction of sp³-hybridized carbons (Fsp3) is 0.267. The fourth-order valence-corrected chi connectivity index (χ4v) is 2.06. The Bertz CT molecular complexity index is 704. The van der Waals surface area contributed by atoms with Crippen molar-refractivity contribution in [1.29, 1.82) is 0 Å². The van der Waals surface area contributed by atoms with E-state index in [4.69, 9.17) is 5.11 Å². The molecule has 116 valence electrons. The maximum atomic E-state index is 11.7. The molecule has 0 saturated heterocycles. The molecule has 2 aromatic rings. The van der Waals surface area contributed by atoms with Gasteiger partial charge in [0.2, 0.25) is 0 Å². The Hall–Kier alpha value is -2.83. The number of nitrogens with zero attached hydrogens (tertiary/aromatic N) is 2. The molecule has 0 aliphatic heterocycles. The summed E-state index contributed by atoms with van der Waals surface area (Å²) in [5.41, 5.74) is 4.08. The van der Waals surface area contributed by atoms with Crippen LogP contribution in [0.15, 0.2) is 24.3 Å². The first-order chi connectivity index (χ1) is 10.4. The van der Waals surface area contributed by atoms with Gasteiger partial charge in [-0.15, -0.1) is 0 Å². The summed E-state index contributed by atoms with van der Waals surface area (Å²) in [4.78, 5) is 22.1. The van der Waals surface area contributed by atoms with Crippen LogP contribution in [0.1, 0.15) is 21.7 Å². The number of nitrogens with one attached hydrogen (secondary N) is 2. The zero-order chi connectivity index (χ0) is 16.3. The van der Waals surface area contributed by atoms with Gasteiger partial charge in [-0.3, -0.25) is 14.3 Å². The first kappa shape index (κ1) is 15.6. The highest BCUT2D eigenvalue weighted by atomic mass is 16.4. The number of anilines is 2. The standard InChI is InChI=1S/C15H18N4O3/c1-9-14(10(2)19(3)18-9)17-12-6-4-11(5-7-12)15(22)16-8-13(20)21/h4-7,17H,8H2,1-3H3,(H,16,22)(H,20,21). The Morgan fingerprint density at radius 2 is 1.86 bits per heavy atom. The highest BCUT2D eigenvalue weighted by Gasteiger charge is 2.10. The number of aryl methyl sites for hydroxylation is 2. The van der Waals surface area contributed by atoms with Gasteiger partial charge < -0.3 is 15.7 Å². The van der Waals surface area contributed by atoms with Gasteiger partial charge >= 0.3 is 5.97 Å². The highest BCUT2D eigenvalue weighted by Crippen LogP contribution is 2.23. The first-order valence-corrected chi connectivity index (χ1v) is 6.75. The van der Waals surface area contributed by atoms with Gasteiger partial charge in [0.1, 0.15) is 6.54 Å². The van der Waals surface area contributed by atoms with Crippen molar-refractivity contribution in [2.24, 2.45) is 7.05 Å². The summed E-state index contributed by atoms with van der Waals surface area (Å²) in [6.45, 7) is 3.49. The van der Waals surface area contributed by atoms with Crippen LogP contribution in [0.2, 0.25) is 0 Å². The van der Waals surface area contributed by atoms with Gasteiger partial charge in [-0.25, -0.2) is 0 Å². The number of hydrogen-bond acceptors (Lipinski definition) is 4. The minimum Gasteiger partial charge on any atom is -0.480 e. The van der Waals surface area contributed by atoms with Crippen LogP contribution in [-0.4, -0.2) is 33.3 Å². The molecule has 7 heteroatoms. The van der Waals surface area contributed by atoms with Gasteiger partial charge in [0.05, 0.1) is 17.1 Å². The van der Waals surface area contributed by atoms with Crippen LogP contribution in [0.3, 0.4) is 0 Å². The molecule has 0 atom stereocenters. The van der Waals surface area contributed by atoms with Crippen molar-refractivity contribution < 1.29 is 14.7 Å². The van der Waals surface area contributed by atoms with Crippen LogP contribution in [-0.2, 0) is 11.8 Å². The molecule has 0 fully saturated rings. The normalized spacial score (nSPS) is 10.3. The number of amides is 1. The predicted molar refractivity (Wildman–Crippen MR) is 82.4 cm³/mol. The Balaban J connectivity index is 2.09. The third-order valence-electron chi connectivity index (χ3n) is 3.33. The second-order valence-corrected chi connectivity index (χ2v) is 4.95. The molecular formula is C15H18N4O3. The highest BCUT2D eigenvalue weighted by molar-refractivity contribution is 5.96. The van der Waals surface area contributed by atoms with Gasteiger partial charge in [0.25, 0.3) is 5.91 Å². The summed E-state index contributed by atoms with van der Waals surface area (Å²) in [5.74, 6) is -1.49. The molecule has 1 aromatic carbocycles. The van der Waals surface area contributed by atoms with Crippen molar-refractivity contribution in [3.63, 3.8) is 0 Å². The van der Waals surface area contributed by atoms with Crippen LogP contribution in [0.4, 0.5) is 11.4 Å². The quantitative estimate of drug-likeness (QED) is 0.779. The molecule has 3 N–H and O–H groups in total. The second-order valence-electron chi connectivity index (χ2n) is 4.95. The van der Waals surface area contributed by atoms with Gasteiger partial charge in [-0.1, -0.05) is 0 Å². The molecule has 2 rings (SSSR count). The van der Waals surface area contributed by atoms with E-state index in [0.717, 1.165) is 22.8 Å². The molecule has 0 unspecified atom stereocenters. The second kappa shape index (κ2) is 6.30. The topological polar surface area (TPSA) is 96.3 Å². The number of benzene rings is 1. The molecule has 1 heterocycles. The summed E-state index contributed by atoms with van der Waals surface area (Å²) >= 11 is 0. The first-order valence-electron chi connectivity index (χ1n) is 6.75. The molecule has 0 aliphatic carbocycles. The molecule has 7 nitrogen and oxygen atoms in total. The maximum absolute atomic E-state index is 11.7. The summed E-state index contributed by atoms with van der Waals surface area (Å²) in [5, 5.41) is 18.5. The number of carboxylic acid groups (broad SMARTS) is 1. The summed E-state index contributed by atoms with van der Waals surface area (Å²) in [7, 11) is 1.88. The Morgan fingerprint density at radius 3 is 2.36 bits per heavy atom. The monoisotopic (exact) mass is 302 g/mol. The van der Waals surface area contributed by atoms with E-state index in [1.165, 1.54) is 0 Å². The molecule has 0 radical (unpaired) electrons. The number of hydrogen-bond donors (Lipinski definition) is 3. The third-order valence-corrected chi connectivity index (χ3v) is 3.33. The van der Waals surface area contributed by atoms with E-state index in [0.29, 0.717) is 5.56 Å². The molecule has 0 saturated carbocycles. The van der Waals surface area contributed by atoms with E-state index in [9.17, 15) is 9.59 Å². The number of aliphatic carboxylic acids is 1. The van der Waals surface area contributed by atoms with E-state index >= 15 is 0 Å². The lowest BCUT2D eigenvalue weighted by atomic mass is 10.2. The fourth-order valence-electron chi connectivity index (χ4n) is 2.06. The molecule has 0 spiro atoms. The van der Waals surface area contributed by atoms with Crippen molar-refractivity contribution in [1.82, 2.24) is 15.1 Å². The van der Waals surface area contributed by atoms with Crippen LogP contribution in [0.25, 0.3) is 0 Å².